The van der Waals surface area contributed by atoms with Crippen molar-refractivity contribution in [1.82, 2.24) is 0 Å². The van der Waals surface area contributed by atoms with Crippen molar-refractivity contribution in [1.29, 1.82) is 0 Å². The smallest absolute Gasteiger partial charge is 0.143 e. The van der Waals surface area contributed by atoms with Gasteiger partial charge < -0.3 is 14.7 Å². The van der Waals surface area contributed by atoms with E-state index in [1.807, 2.05) is 12.1 Å². The summed E-state index contributed by atoms with van der Waals surface area (Å²) in [6, 6.07) is 11.6. The Morgan fingerprint density at radius 3 is 2.95 bits per heavy atom. The van der Waals surface area contributed by atoms with Gasteiger partial charge in [-0.1, -0.05) is 18.2 Å². The van der Waals surface area contributed by atoms with Crippen LogP contribution in [0.3, 0.4) is 0 Å². The predicted octanol–water partition coefficient (Wildman–Crippen LogP) is 3.53. The van der Waals surface area contributed by atoms with E-state index in [0.29, 0.717) is 19.5 Å². The summed E-state index contributed by atoms with van der Waals surface area (Å²) in [6.45, 7) is 5.11. The first kappa shape index (κ1) is 14.4. The van der Waals surface area contributed by atoms with Crippen molar-refractivity contribution in [2.24, 2.45) is 0 Å². The third-order valence-electron chi connectivity index (χ3n) is 3.70. The molecular weight excluding hydrogens is 281 g/mol. The number of benzene rings is 2. The summed E-state index contributed by atoms with van der Waals surface area (Å²) in [6.07, 6.45) is 2.38. The third kappa shape index (κ3) is 3.06. The molecule has 1 atom stereocenters. The second-order valence-electron chi connectivity index (χ2n) is 5.42. The van der Waals surface area contributed by atoms with Crippen molar-refractivity contribution < 1.29 is 14.2 Å². The molecule has 0 saturated carbocycles. The SMILES string of the molecule is C=CCN1CC(Cc2cccc(F)c2)Oc2ccc(O)cc21. The predicted molar refractivity (Wildman–Crippen MR) is 85.0 cm³/mol. The van der Waals surface area contributed by atoms with Gasteiger partial charge >= 0.3 is 0 Å². The van der Waals surface area contributed by atoms with Crippen LogP contribution in [0.15, 0.2) is 55.1 Å². The van der Waals surface area contributed by atoms with E-state index in [1.54, 1.807) is 24.3 Å². The van der Waals surface area contributed by atoms with Crippen LogP contribution in [0.25, 0.3) is 0 Å². The number of hydrogen-bond acceptors (Lipinski definition) is 3. The zero-order chi connectivity index (χ0) is 15.5. The molecule has 1 aliphatic rings. The maximum atomic E-state index is 13.3. The summed E-state index contributed by atoms with van der Waals surface area (Å²) in [4.78, 5) is 2.11. The van der Waals surface area contributed by atoms with E-state index >= 15 is 0 Å². The Hall–Kier alpha value is -2.49. The topological polar surface area (TPSA) is 32.7 Å². The molecule has 0 saturated heterocycles. The lowest BCUT2D eigenvalue weighted by Gasteiger charge is -2.36. The average molecular weight is 299 g/mol. The van der Waals surface area contributed by atoms with Gasteiger partial charge in [0.25, 0.3) is 0 Å². The van der Waals surface area contributed by atoms with E-state index in [-0.39, 0.29) is 17.7 Å². The molecule has 2 aromatic rings. The van der Waals surface area contributed by atoms with Gasteiger partial charge in [0.05, 0.1) is 12.2 Å². The summed E-state index contributed by atoms with van der Waals surface area (Å²) < 4.78 is 19.3. The van der Waals surface area contributed by atoms with Crippen molar-refractivity contribution in [3.8, 4) is 11.5 Å². The van der Waals surface area contributed by atoms with E-state index in [2.05, 4.69) is 11.5 Å². The van der Waals surface area contributed by atoms with Crippen molar-refractivity contribution in [2.75, 3.05) is 18.0 Å². The highest BCUT2D eigenvalue weighted by molar-refractivity contribution is 5.63. The molecule has 1 N–H and O–H groups in total. The van der Waals surface area contributed by atoms with Crippen LogP contribution in [0.1, 0.15) is 5.56 Å². The fourth-order valence-corrected chi connectivity index (χ4v) is 2.78. The molecule has 0 aromatic heterocycles. The molecule has 0 amide bonds. The monoisotopic (exact) mass is 299 g/mol. The molecule has 22 heavy (non-hydrogen) atoms. The number of phenols is 1. The van der Waals surface area contributed by atoms with Crippen LogP contribution in [0.4, 0.5) is 10.1 Å². The zero-order valence-corrected chi connectivity index (χ0v) is 12.2. The summed E-state index contributed by atoms with van der Waals surface area (Å²) in [5.74, 6) is 0.703. The average Bonchev–Trinajstić information content (AvgIpc) is 2.48. The van der Waals surface area contributed by atoms with E-state index in [1.165, 1.54) is 12.1 Å². The molecule has 3 rings (SSSR count). The fourth-order valence-electron chi connectivity index (χ4n) is 2.78. The molecule has 114 valence electrons. The molecule has 3 nitrogen and oxygen atoms in total. The number of rotatable bonds is 4. The number of nitrogens with zero attached hydrogens (tertiary/aromatic N) is 1. The van der Waals surface area contributed by atoms with E-state index in [4.69, 9.17) is 4.74 Å². The van der Waals surface area contributed by atoms with Gasteiger partial charge in [-0.15, -0.1) is 6.58 Å². The summed E-state index contributed by atoms with van der Waals surface area (Å²) in [5.41, 5.74) is 1.76. The molecule has 1 heterocycles. The quantitative estimate of drug-likeness (QED) is 0.877. The van der Waals surface area contributed by atoms with Crippen LogP contribution in [-0.2, 0) is 6.42 Å². The summed E-state index contributed by atoms with van der Waals surface area (Å²) in [7, 11) is 0. The number of hydrogen-bond donors (Lipinski definition) is 1. The Balaban J connectivity index is 1.83. The van der Waals surface area contributed by atoms with Gasteiger partial charge in [0.2, 0.25) is 0 Å². The molecule has 0 radical (unpaired) electrons. The first-order chi connectivity index (χ1) is 10.7. The number of anilines is 1. The highest BCUT2D eigenvalue weighted by atomic mass is 19.1. The first-order valence-corrected chi connectivity index (χ1v) is 7.25. The Morgan fingerprint density at radius 1 is 1.32 bits per heavy atom. The largest absolute Gasteiger partial charge is 0.508 e. The molecule has 1 unspecified atom stereocenters. The Morgan fingerprint density at radius 2 is 2.18 bits per heavy atom. The van der Waals surface area contributed by atoms with Gasteiger partial charge in [0.15, 0.2) is 0 Å². The number of ether oxygens (including phenoxy) is 1. The van der Waals surface area contributed by atoms with Gasteiger partial charge in [-0.3, -0.25) is 0 Å². The summed E-state index contributed by atoms with van der Waals surface area (Å²) in [5, 5.41) is 9.66. The van der Waals surface area contributed by atoms with Crippen LogP contribution < -0.4 is 9.64 Å². The van der Waals surface area contributed by atoms with E-state index in [9.17, 15) is 9.50 Å². The van der Waals surface area contributed by atoms with E-state index < -0.39 is 0 Å². The normalized spacial score (nSPS) is 16.8. The molecule has 2 aromatic carbocycles. The molecule has 1 aliphatic heterocycles. The van der Waals surface area contributed by atoms with E-state index in [0.717, 1.165) is 17.0 Å². The Kier molecular flexibility index (Phi) is 4.00. The zero-order valence-electron chi connectivity index (χ0n) is 12.2. The fraction of sp³-hybridized carbons (Fsp3) is 0.222. The van der Waals surface area contributed by atoms with Crippen LogP contribution >= 0.6 is 0 Å². The number of aromatic hydroxyl groups is 1. The molecule has 0 fully saturated rings. The number of phenolic OH excluding ortho intramolecular Hbond substituents is 1. The van der Waals surface area contributed by atoms with Crippen molar-refractivity contribution >= 4 is 5.69 Å². The molecular formula is C18H18FNO2. The number of fused-ring (bicyclic) bond motifs is 1. The van der Waals surface area contributed by atoms with Crippen molar-refractivity contribution in [3.63, 3.8) is 0 Å². The third-order valence-corrected chi connectivity index (χ3v) is 3.70. The second kappa shape index (κ2) is 6.10. The van der Waals surface area contributed by atoms with Gasteiger partial charge in [0, 0.05) is 19.0 Å². The van der Waals surface area contributed by atoms with Crippen molar-refractivity contribution in [2.45, 2.75) is 12.5 Å². The maximum Gasteiger partial charge on any atom is 0.143 e. The minimum absolute atomic E-state index is 0.0706. The van der Waals surface area contributed by atoms with Crippen LogP contribution in [0, 0.1) is 5.82 Å². The lowest BCUT2D eigenvalue weighted by atomic mass is 10.1. The van der Waals surface area contributed by atoms with Crippen LogP contribution in [-0.4, -0.2) is 24.3 Å². The van der Waals surface area contributed by atoms with Gasteiger partial charge in [-0.05, 0) is 29.8 Å². The minimum atomic E-state index is -0.235. The van der Waals surface area contributed by atoms with Crippen LogP contribution in [0.2, 0.25) is 0 Å². The van der Waals surface area contributed by atoms with Gasteiger partial charge in [0.1, 0.15) is 23.4 Å². The first-order valence-electron chi connectivity index (χ1n) is 7.25. The van der Waals surface area contributed by atoms with Gasteiger partial charge in [-0.2, -0.15) is 0 Å². The highest BCUT2D eigenvalue weighted by Gasteiger charge is 2.25. The molecule has 0 bridgehead atoms. The lowest BCUT2D eigenvalue weighted by Crippen LogP contribution is -2.41. The molecule has 0 spiro atoms. The summed E-state index contributed by atoms with van der Waals surface area (Å²) >= 11 is 0. The standard InChI is InChI=1S/C18H18FNO2/c1-2-8-20-12-16(10-13-4-3-5-14(19)9-13)22-18-7-6-15(21)11-17(18)20/h2-7,9,11,16,21H,1,8,10,12H2. The molecule has 4 heteroatoms. The maximum absolute atomic E-state index is 13.3. The Labute approximate surface area is 129 Å². The number of halogens is 1. The minimum Gasteiger partial charge on any atom is -0.508 e. The van der Waals surface area contributed by atoms with Crippen molar-refractivity contribution in [3.05, 3.63) is 66.5 Å². The van der Waals surface area contributed by atoms with Gasteiger partial charge in [-0.25, -0.2) is 4.39 Å². The second-order valence-corrected chi connectivity index (χ2v) is 5.42. The lowest BCUT2D eigenvalue weighted by molar-refractivity contribution is 0.194. The molecule has 0 aliphatic carbocycles. The van der Waals surface area contributed by atoms with Crippen LogP contribution in [0.5, 0.6) is 11.5 Å². The Bertz CT molecular complexity index is 687. The highest BCUT2D eigenvalue weighted by Crippen LogP contribution is 2.36.